The van der Waals surface area contributed by atoms with Crippen LogP contribution in [0.4, 0.5) is 0 Å². The normalized spacial score (nSPS) is 18.6. The molecule has 0 saturated heterocycles. The summed E-state index contributed by atoms with van der Waals surface area (Å²) in [6.07, 6.45) is 7.61. The summed E-state index contributed by atoms with van der Waals surface area (Å²) in [7, 11) is 0. The second-order valence-corrected chi connectivity index (χ2v) is 7.98. The average molecular weight is 405 g/mol. The molecule has 1 aliphatic rings. The van der Waals surface area contributed by atoms with Gasteiger partial charge in [-0.15, -0.1) is 0 Å². The SMILES string of the molecule is CCCN(CCC)C(=O)C(C)C1(c2nc(-c3ccccc3)nc(C)c2C)C=CC=N1. The summed E-state index contributed by atoms with van der Waals surface area (Å²) < 4.78 is 0. The molecular formula is C25H32N4O. The fraction of sp³-hybridized carbons (Fsp3) is 0.440. The van der Waals surface area contributed by atoms with Gasteiger partial charge >= 0.3 is 0 Å². The number of benzene rings is 1. The van der Waals surface area contributed by atoms with Crippen LogP contribution in [0.25, 0.3) is 11.4 Å². The Morgan fingerprint density at radius 1 is 1.07 bits per heavy atom. The predicted octanol–water partition coefficient (Wildman–Crippen LogP) is 4.88. The number of nitrogens with zero attached hydrogens (tertiary/aromatic N) is 4. The molecule has 1 aliphatic heterocycles. The highest BCUT2D eigenvalue weighted by Crippen LogP contribution is 2.40. The van der Waals surface area contributed by atoms with Gasteiger partial charge in [0.05, 0.1) is 11.6 Å². The molecule has 2 atom stereocenters. The van der Waals surface area contributed by atoms with E-state index in [2.05, 4.69) is 13.8 Å². The largest absolute Gasteiger partial charge is 0.342 e. The zero-order chi connectivity index (χ0) is 21.7. The van der Waals surface area contributed by atoms with E-state index in [0.29, 0.717) is 5.82 Å². The Hall–Kier alpha value is -2.82. The first kappa shape index (κ1) is 21.9. The maximum atomic E-state index is 13.5. The second kappa shape index (κ2) is 9.33. The van der Waals surface area contributed by atoms with Gasteiger partial charge in [-0.1, -0.05) is 51.1 Å². The molecule has 2 unspecified atom stereocenters. The minimum Gasteiger partial charge on any atom is -0.342 e. The number of hydrogen-bond acceptors (Lipinski definition) is 4. The molecular weight excluding hydrogens is 372 g/mol. The van der Waals surface area contributed by atoms with Crippen molar-refractivity contribution in [3.05, 3.63) is 59.4 Å². The predicted molar refractivity (Wildman–Crippen MR) is 123 cm³/mol. The van der Waals surface area contributed by atoms with Crippen LogP contribution < -0.4 is 0 Å². The molecule has 0 bridgehead atoms. The maximum absolute atomic E-state index is 13.5. The van der Waals surface area contributed by atoms with Crippen molar-refractivity contribution in [3.63, 3.8) is 0 Å². The summed E-state index contributed by atoms with van der Waals surface area (Å²) in [6, 6.07) is 9.96. The summed E-state index contributed by atoms with van der Waals surface area (Å²) in [5.41, 5.74) is 2.86. The minimum absolute atomic E-state index is 0.124. The van der Waals surface area contributed by atoms with Crippen molar-refractivity contribution in [1.82, 2.24) is 14.9 Å². The third-order valence-electron chi connectivity index (χ3n) is 5.85. The van der Waals surface area contributed by atoms with Crippen molar-refractivity contribution < 1.29 is 4.79 Å². The molecule has 30 heavy (non-hydrogen) atoms. The fourth-order valence-electron chi connectivity index (χ4n) is 4.07. The highest BCUT2D eigenvalue weighted by atomic mass is 16.2. The Labute approximate surface area is 180 Å². The van der Waals surface area contributed by atoms with Crippen LogP contribution in [0.5, 0.6) is 0 Å². The van der Waals surface area contributed by atoms with Crippen LogP contribution in [-0.4, -0.2) is 40.1 Å². The molecule has 5 heteroatoms. The summed E-state index contributed by atoms with van der Waals surface area (Å²) >= 11 is 0. The number of carbonyl (C=O) groups excluding carboxylic acids is 1. The maximum Gasteiger partial charge on any atom is 0.228 e. The van der Waals surface area contributed by atoms with Crippen molar-refractivity contribution in [3.8, 4) is 11.4 Å². The molecule has 1 amide bonds. The first-order chi connectivity index (χ1) is 14.4. The van der Waals surface area contributed by atoms with Gasteiger partial charge in [0.2, 0.25) is 5.91 Å². The summed E-state index contributed by atoms with van der Waals surface area (Å²) in [5, 5.41) is 0. The lowest BCUT2D eigenvalue weighted by molar-refractivity contribution is -0.136. The summed E-state index contributed by atoms with van der Waals surface area (Å²) in [5.74, 6) is 0.434. The van der Waals surface area contributed by atoms with Crippen molar-refractivity contribution in [2.24, 2.45) is 10.9 Å². The number of rotatable bonds is 8. The summed E-state index contributed by atoms with van der Waals surface area (Å²) in [4.78, 5) is 30.0. The van der Waals surface area contributed by atoms with E-state index in [4.69, 9.17) is 15.0 Å². The van der Waals surface area contributed by atoms with Gasteiger partial charge in [0.15, 0.2) is 5.82 Å². The Balaban J connectivity index is 2.10. The van der Waals surface area contributed by atoms with Gasteiger partial charge in [0, 0.05) is 30.6 Å². The Bertz CT molecular complexity index is 931. The zero-order valence-corrected chi connectivity index (χ0v) is 18.7. The number of amides is 1. The van der Waals surface area contributed by atoms with Gasteiger partial charge < -0.3 is 4.90 Å². The molecule has 5 nitrogen and oxygen atoms in total. The molecule has 3 rings (SSSR count). The number of aromatic nitrogens is 2. The van der Waals surface area contributed by atoms with Crippen LogP contribution in [0.3, 0.4) is 0 Å². The second-order valence-electron chi connectivity index (χ2n) is 7.98. The molecule has 0 saturated carbocycles. The first-order valence-electron chi connectivity index (χ1n) is 10.9. The monoisotopic (exact) mass is 404 g/mol. The number of carbonyl (C=O) groups is 1. The number of aryl methyl sites for hydroxylation is 1. The van der Waals surface area contributed by atoms with E-state index in [-0.39, 0.29) is 11.8 Å². The smallest absolute Gasteiger partial charge is 0.228 e. The molecule has 1 aromatic carbocycles. The van der Waals surface area contributed by atoms with Gasteiger partial charge in [-0.2, -0.15) is 0 Å². The van der Waals surface area contributed by atoms with Crippen molar-refractivity contribution >= 4 is 12.1 Å². The van der Waals surface area contributed by atoms with Gasteiger partial charge in [0.1, 0.15) is 5.54 Å². The van der Waals surface area contributed by atoms with E-state index in [1.165, 1.54) is 0 Å². The third kappa shape index (κ3) is 4.07. The molecule has 158 valence electrons. The highest BCUT2D eigenvalue weighted by Gasteiger charge is 2.44. The van der Waals surface area contributed by atoms with Gasteiger partial charge in [-0.05, 0) is 44.4 Å². The number of allylic oxidation sites excluding steroid dienone is 1. The standard InChI is InChI=1S/C25H32N4O/c1-6-16-29(17-7-2)24(30)19(4)25(14-11-15-26-25)22-18(3)20(5)27-23(28-22)21-12-9-8-10-13-21/h8-15,19H,6-7,16-17H2,1-5H3. The fourth-order valence-corrected chi connectivity index (χ4v) is 4.07. The first-order valence-corrected chi connectivity index (χ1v) is 10.9. The number of hydrogen-bond donors (Lipinski definition) is 0. The highest BCUT2D eigenvalue weighted by molar-refractivity contribution is 5.84. The van der Waals surface area contributed by atoms with Crippen LogP contribution in [0, 0.1) is 19.8 Å². The van der Waals surface area contributed by atoms with E-state index in [1.54, 1.807) is 6.21 Å². The Morgan fingerprint density at radius 2 is 1.73 bits per heavy atom. The van der Waals surface area contributed by atoms with Crippen LogP contribution in [0.1, 0.15) is 50.6 Å². The topological polar surface area (TPSA) is 58.5 Å². The van der Waals surface area contributed by atoms with Crippen LogP contribution >= 0.6 is 0 Å². The third-order valence-corrected chi connectivity index (χ3v) is 5.85. The lowest BCUT2D eigenvalue weighted by Crippen LogP contribution is -2.44. The minimum atomic E-state index is -0.807. The van der Waals surface area contributed by atoms with E-state index in [9.17, 15) is 4.79 Å². The molecule has 1 aromatic heterocycles. The average Bonchev–Trinajstić information content (AvgIpc) is 3.26. The van der Waals surface area contributed by atoms with Gasteiger partial charge in [-0.25, -0.2) is 9.97 Å². The number of aliphatic imine (C=N–C) groups is 1. The van der Waals surface area contributed by atoms with Gasteiger partial charge in [-0.3, -0.25) is 9.79 Å². The molecule has 0 N–H and O–H groups in total. The molecule has 0 fully saturated rings. The Kier molecular flexibility index (Phi) is 6.80. The lowest BCUT2D eigenvalue weighted by atomic mass is 9.79. The zero-order valence-electron chi connectivity index (χ0n) is 18.7. The summed E-state index contributed by atoms with van der Waals surface area (Å²) in [6.45, 7) is 11.7. The van der Waals surface area contributed by atoms with Crippen LogP contribution in [0.15, 0.2) is 47.5 Å². The van der Waals surface area contributed by atoms with E-state index >= 15 is 0 Å². The molecule has 2 heterocycles. The Morgan fingerprint density at radius 3 is 2.30 bits per heavy atom. The molecule has 2 aromatic rings. The van der Waals surface area contributed by atoms with Crippen molar-refractivity contribution in [1.29, 1.82) is 0 Å². The van der Waals surface area contributed by atoms with E-state index in [0.717, 1.165) is 48.4 Å². The van der Waals surface area contributed by atoms with Crippen molar-refractivity contribution in [2.45, 2.75) is 53.0 Å². The van der Waals surface area contributed by atoms with Crippen molar-refractivity contribution in [2.75, 3.05) is 13.1 Å². The lowest BCUT2D eigenvalue weighted by Gasteiger charge is -2.35. The molecule has 0 spiro atoms. The molecule has 0 aliphatic carbocycles. The van der Waals surface area contributed by atoms with E-state index < -0.39 is 5.54 Å². The van der Waals surface area contributed by atoms with E-state index in [1.807, 2.05) is 68.2 Å². The quantitative estimate of drug-likeness (QED) is 0.630. The van der Waals surface area contributed by atoms with Crippen LogP contribution in [-0.2, 0) is 10.3 Å². The van der Waals surface area contributed by atoms with Gasteiger partial charge in [0.25, 0.3) is 0 Å². The van der Waals surface area contributed by atoms with Crippen LogP contribution in [0.2, 0.25) is 0 Å². The molecule has 0 radical (unpaired) electrons.